The number of nitrogens with zero attached hydrogens (tertiary/aromatic N) is 4. The molecule has 3 rings (SSSR count). The van der Waals surface area contributed by atoms with E-state index in [-0.39, 0.29) is 0 Å². The van der Waals surface area contributed by atoms with Crippen molar-refractivity contribution >= 4 is 23.4 Å². The van der Waals surface area contributed by atoms with Gasteiger partial charge in [-0.25, -0.2) is 4.98 Å². The zero-order valence-electron chi connectivity index (χ0n) is 9.08. The van der Waals surface area contributed by atoms with Crippen LogP contribution in [0.5, 0.6) is 0 Å². The molecule has 0 atom stereocenters. The van der Waals surface area contributed by atoms with Gasteiger partial charge in [-0.3, -0.25) is 0 Å². The number of H-pyrrole nitrogens is 1. The zero-order chi connectivity index (χ0) is 11.8. The second-order valence-corrected chi connectivity index (χ2v) is 4.13. The van der Waals surface area contributed by atoms with Crippen LogP contribution in [-0.2, 0) is 0 Å². The van der Waals surface area contributed by atoms with Gasteiger partial charge in [0.25, 0.3) is 0 Å². The lowest BCUT2D eigenvalue weighted by Gasteiger charge is -2.01. The van der Waals surface area contributed by atoms with Gasteiger partial charge < -0.3 is 4.98 Å². The van der Waals surface area contributed by atoms with Crippen molar-refractivity contribution in [3.63, 3.8) is 0 Å². The van der Waals surface area contributed by atoms with E-state index in [4.69, 9.17) is 12.2 Å². The fraction of sp³-hybridized carbons (Fsp3) is 0.0909. The van der Waals surface area contributed by atoms with Gasteiger partial charge >= 0.3 is 0 Å². The minimum absolute atomic E-state index is 0.456. The fourth-order valence-electron chi connectivity index (χ4n) is 1.64. The number of hydrogen-bond donors (Lipinski definition) is 1. The standard InChI is InChI=1S/C11H9N5S/c1-7-2-4-8(5-3-7)16-10-9(14-15-16)11(17)13-6-12-10/h2-6H,1H3,(H,12,13,17). The molecule has 84 valence electrons. The van der Waals surface area contributed by atoms with Crippen molar-refractivity contribution in [3.05, 3.63) is 40.8 Å². The molecule has 0 aliphatic rings. The highest BCUT2D eigenvalue weighted by Gasteiger charge is 2.07. The highest BCUT2D eigenvalue weighted by atomic mass is 32.1. The van der Waals surface area contributed by atoms with Gasteiger partial charge in [-0.15, -0.1) is 5.10 Å². The predicted octanol–water partition coefficient (Wildman–Crippen LogP) is 2.18. The molecule has 5 nitrogen and oxygen atoms in total. The number of aromatic amines is 1. The van der Waals surface area contributed by atoms with Crippen LogP contribution in [0.2, 0.25) is 0 Å². The Labute approximate surface area is 102 Å². The Bertz CT molecular complexity index is 725. The number of aryl methyl sites for hydroxylation is 1. The molecule has 0 spiro atoms. The average molecular weight is 243 g/mol. The van der Waals surface area contributed by atoms with E-state index in [1.54, 1.807) is 11.0 Å². The second kappa shape index (κ2) is 3.74. The Balaban J connectivity index is 2.28. The van der Waals surface area contributed by atoms with Crippen molar-refractivity contribution in [1.29, 1.82) is 0 Å². The van der Waals surface area contributed by atoms with Crippen molar-refractivity contribution < 1.29 is 0 Å². The number of fused-ring (bicyclic) bond motifs is 1. The third kappa shape index (κ3) is 1.62. The van der Waals surface area contributed by atoms with E-state index in [1.165, 1.54) is 5.56 Å². The molecule has 1 N–H and O–H groups in total. The molecule has 2 heterocycles. The van der Waals surface area contributed by atoms with Gasteiger partial charge in [0.2, 0.25) is 0 Å². The first-order chi connectivity index (χ1) is 8.25. The normalized spacial score (nSPS) is 10.9. The fourth-order valence-corrected chi connectivity index (χ4v) is 1.83. The molecule has 0 saturated carbocycles. The molecule has 3 aromatic rings. The first-order valence-electron chi connectivity index (χ1n) is 5.12. The van der Waals surface area contributed by atoms with Crippen LogP contribution >= 0.6 is 12.2 Å². The maximum atomic E-state index is 5.09. The maximum Gasteiger partial charge on any atom is 0.167 e. The Hall–Kier alpha value is -2.08. The van der Waals surface area contributed by atoms with Crippen LogP contribution in [0.25, 0.3) is 16.9 Å². The SMILES string of the molecule is Cc1ccc(-n2nnc3c(=S)nc[nH]c32)cc1. The largest absolute Gasteiger partial charge is 0.329 e. The van der Waals surface area contributed by atoms with Crippen LogP contribution in [-0.4, -0.2) is 25.0 Å². The third-order valence-electron chi connectivity index (χ3n) is 2.53. The topological polar surface area (TPSA) is 59.4 Å². The van der Waals surface area contributed by atoms with E-state index in [9.17, 15) is 0 Å². The molecule has 0 unspecified atom stereocenters. The lowest BCUT2D eigenvalue weighted by atomic mass is 10.2. The zero-order valence-corrected chi connectivity index (χ0v) is 9.90. The molecular weight excluding hydrogens is 234 g/mol. The van der Waals surface area contributed by atoms with E-state index in [0.29, 0.717) is 10.2 Å². The summed E-state index contributed by atoms with van der Waals surface area (Å²) in [6.07, 6.45) is 1.55. The molecule has 0 amide bonds. The molecule has 2 aromatic heterocycles. The van der Waals surface area contributed by atoms with Crippen molar-refractivity contribution in [2.75, 3.05) is 0 Å². The van der Waals surface area contributed by atoms with Gasteiger partial charge in [0.05, 0.1) is 12.0 Å². The van der Waals surface area contributed by atoms with E-state index >= 15 is 0 Å². The van der Waals surface area contributed by atoms with Crippen LogP contribution in [0.1, 0.15) is 5.56 Å². The van der Waals surface area contributed by atoms with E-state index < -0.39 is 0 Å². The van der Waals surface area contributed by atoms with Gasteiger partial charge in [-0.05, 0) is 19.1 Å². The minimum atomic E-state index is 0.456. The number of benzene rings is 1. The second-order valence-electron chi connectivity index (χ2n) is 3.74. The van der Waals surface area contributed by atoms with Gasteiger partial charge in [-0.2, -0.15) is 4.68 Å². The van der Waals surface area contributed by atoms with Crippen molar-refractivity contribution in [1.82, 2.24) is 25.0 Å². The van der Waals surface area contributed by atoms with Crippen LogP contribution in [0.4, 0.5) is 0 Å². The summed E-state index contributed by atoms with van der Waals surface area (Å²) in [5.74, 6) is 0. The summed E-state index contributed by atoms with van der Waals surface area (Å²) in [5, 5.41) is 8.12. The van der Waals surface area contributed by atoms with Crippen LogP contribution in [0.3, 0.4) is 0 Å². The van der Waals surface area contributed by atoms with Crippen LogP contribution in [0.15, 0.2) is 30.6 Å². The van der Waals surface area contributed by atoms with Gasteiger partial charge in [0.15, 0.2) is 15.8 Å². The van der Waals surface area contributed by atoms with E-state index in [1.807, 2.05) is 31.2 Å². The molecule has 0 aliphatic carbocycles. The summed E-state index contributed by atoms with van der Waals surface area (Å²) in [7, 11) is 0. The minimum Gasteiger partial charge on any atom is -0.329 e. The predicted molar refractivity (Wildman–Crippen MR) is 66.6 cm³/mol. The molecule has 0 aliphatic heterocycles. The molecule has 17 heavy (non-hydrogen) atoms. The maximum absolute atomic E-state index is 5.09. The third-order valence-corrected chi connectivity index (χ3v) is 2.83. The Morgan fingerprint density at radius 3 is 2.76 bits per heavy atom. The number of rotatable bonds is 1. The summed E-state index contributed by atoms with van der Waals surface area (Å²) in [6, 6.07) is 8.03. The average Bonchev–Trinajstić information content (AvgIpc) is 2.75. The summed E-state index contributed by atoms with van der Waals surface area (Å²) >= 11 is 5.09. The van der Waals surface area contributed by atoms with Gasteiger partial charge in [0, 0.05) is 0 Å². The quantitative estimate of drug-likeness (QED) is 0.665. The Kier molecular flexibility index (Phi) is 2.22. The highest BCUT2D eigenvalue weighted by molar-refractivity contribution is 7.71. The summed E-state index contributed by atoms with van der Waals surface area (Å²) in [6.45, 7) is 2.04. The molecule has 0 radical (unpaired) electrons. The van der Waals surface area contributed by atoms with Crippen LogP contribution in [0, 0.1) is 11.6 Å². The molecule has 0 saturated heterocycles. The van der Waals surface area contributed by atoms with Crippen LogP contribution < -0.4 is 0 Å². The van der Waals surface area contributed by atoms with Crippen molar-refractivity contribution in [2.45, 2.75) is 6.92 Å². The molecule has 1 aromatic carbocycles. The van der Waals surface area contributed by atoms with Crippen molar-refractivity contribution in [3.8, 4) is 5.69 Å². The number of hydrogen-bond acceptors (Lipinski definition) is 4. The molecule has 0 bridgehead atoms. The monoisotopic (exact) mass is 243 g/mol. The van der Waals surface area contributed by atoms with Crippen molar-refractivity contribution in [2.24, 2.45) is 0 Å². The molecule has 6 heteroatoms. The van der Waals surface area contributed by atoms with E-state index in [2.05, 4.69) is 20.3 Å². The number of nitrogens with one attached hydrogen (secondary N) is 1. The highest BCUT2D eigenvalue weighted by Crippen LogP contribution is 2.14. The summed E-state index contributed by atoms with van der Waals surface area (Å²) in [5.41, 5.74) is 3.51. The number of aromatic nitrogens is 5. The van der Waals surface area contributed by atoms with Gasteiger partial charge in [0.1, 0.15) is 0 Å². The Morgan fingerprint density at radius 1 is 1.24 bits per heavy atom. The lowest BCUT2D eigenvalue weighted by Crippen LogP contribution is -1.97. The smallest absolute Gasteiger partial charge is 0.167 e. The van der Waals surface area contributed by atoms with Gasteiger partial charge in [-0.1, -0.05) is 35.1 Å². The first-order valence-corrected chi connectivity index (χ1v) is 5.53. The Morgan fingerprint density at radius 2 is 2.00 bits per heavy atom. The lowest BCUT2D eigenvalue weighted by molar-refractivity contribution is 0.817. The molecule has 0 fully saturated rings. The summed E-state index contributed by atoms with van der Waals surface area (Å²) < 4.78 is 2.17. The van der Waals surface area contributed by atoms with E-state index in [0.717, 1.165) is 11.3 Å². The molecular formula is C11H9N5S. The first kappa shape index (κ1) is 10.1. The summed E-state index contributed by atoms with van der Waals surface area (Å²) in [4.78, 5) is 6.99.